The molecule has 2 heterocycles. The van der Waals surface area contributed by atoms with Crippen molar-refractivity contribution >= 4 is 34.3 Å². The fourth-order valence-electron chi connectivity index (χ4n) is 2.58. The van der Waals surface area contributed by atoms with Crippen LogP contribution in [-0.4, -0.2) is 46.3 Å². The number of rotatable bonds is 4. The highest BCUT2D eigenvalue weighted by atomic mass is 35.5. The number of thioether (sulfide) groups is 1. The van der Waals surface area contributed by atoms with Crippen LogP contribution in [0, 0.1) is 0 Å². The van der Waals surface area contributed by atoms with E-state index in [1.165, 1.54) is 17.3 Å². The number of halogens is 1. The Labute approximate surface area is 144 Å². The maximum Gasteiger partial charge on any atom is 0.250 e. The van der Waals surface area contributed by atoms with Crippen LogP contribution in [-0.2, 0) is 4.79 Å². The van der Waals surface area contributed by atoms with Crippen molar-refractivity contribution in [2.75, 3.05) is 25.4 Å². The van der Waals surface area contributed by atoms with Crippen LogP contribution in [0.25, 0.3) is 0 Å². The highest BCUT2D eigenvalue weighted by Gasteiger charge is 2.21. The van der Waals surface area contributed by atoms with Gasteiger partial charge in [0, 0.05) is 24.7 Å². The summed E-state index contributed by atoms with van der Waals surface area (Å²) in [6.45, 7) is 2.22. The molecule has 2 aliphatic rings. The second kappa shape index (κ2) is 7.49. The van der Waals surface area contributed by atoms with Gasteiger partial charge in [-0.1, -0.05) is 41.6 Å². The van der Waals surface area contributed by atoms with Crippen molar-refractivity contribution < 1.29 is 9.90 Å². The number of amides is 1. The Morgan fingerprint density at radius 1 is 1.39 bits per heavy atom. The monoisotopic (exact) mass is 351 g/mol. The Hall–Kier alpha value is -1.34. The number of carbonyl (C=O) groups is 1. The Bertz CT molecular complexity index is 645. The molecule has 2 aliphatic heterocycles. The number of benzene rings is 1. The number of nitrogens with zero attached hydrogens (tertiary/aromatic N) is 2. The van der Waals surface area contributed by atoms with E-state index in [-0.39, 0.29) is 5.91 Å². The topological polar surface area (TPSA) is 64.9 Å². The van der Waals surface area contributed by atoms with Crippen molar-refractivity contribution in [1.29, 1.82) is 0 Å². The summed E-state index contributed by atoms with van der Waals surface area (Å²) in [5.41, 5.74) is 4.57. The third kappa shape index (κ3) is 4.35. The van der Waals surface area contributed by atoms with Gasteiger partial charge in [0.15, 0.2) is 0 Å². The predicted molar refractivity (Wildman–Crippen MR) is 93.6 cm³/mol. The van der Waals surface area contributed by atoms with E-state index in [1.807, 2.05) is 12.1 Å². The summed E-state index contributed by atoms with van der Waals surface area (Å²) in [5.74, 6) is 0.373. The van der Waals surface area contributed by atoms with E-state index in [1.54, 1.807) is 12.1 Å². The number of hydrogen-bond acceptors (Lipinski definition) is 5. The number of aliphatic hydroxyl groups excluding tert-OH is 1. The maximum atomic E-state index is 11.1. The maximum absolute atomic E-state index is 11.1. The molecule has 0 fully saturated rings. The third-order valence-electron chi connectivity index (χ3n) is 3.88. The van der Waals surface area contributed by atoms with Gasteiger partial charge >= 0.3 is 0 Å². The SMILES string of the molecule is O=C1CSC(C2=CCN(CC(O)c3ccc(Cl)cc3)CC2)=NN1. The molecule has 0 aromatic heterocycles. The highest BCUT2D eigenvalue weighted by Crippen LogP contribution is 2.23. The molecule has 5 nitrogen and oxygen atoms in total. The number of aliphatic hydroxyl groups is 1. The molecule has 0 spiro atoms. The van der Waals surface area contributed by atoms with Gasteiger partial charge in [-0.3, -0.25) is 9.69 Å². The Morgan fingerprint density at radius 3 is 2.78 bits per heavy atom. The zero-order chi connectivity index (χ0) is 16.2. The summed E-state index contributed by atoms with van der Waals surface area (Å²) < 4.78 is 0. The van der Waals surface area contributed by atoms with Gasteiger partial charge in [0.25, 0.3) is 5.91 Å². The first kappa shape index (κ1) is 16.5. The van der Waals surface area contributed by atoms with E-state index in [9.17, 15) is 9.90 Å². The predicted octanol–water partition coefficient (Wildman–Crippen LogP) is 2.18. The molecule has 0 saturated carbocycles. The average Bonchev–Trinajstić information content (AvgIpc) is 2.57. The van der Waals surface area contributed by atoms with Crippen molar-refractivity contribution in [3.8, 4) is 0 Å². The third-order valence-corrected chi connectivity index (χ3v) is 5.16. The largest absolute Gasteiger partial charge is 0.387 e. The highest BCUT2D eigenvalue weighted by molar-refractivity contribution is 8.15. The molecule has 122 valence electrons. The lowest BCUT2D eigenvalue weighted by atomic mass is 10.1. The molecule has 1 unspecified atom stereocenters. The normalized spacial score (nSPS) is 20.5. The summed E-state index contributed by atoms with van der Waals surface area (Å²) in [4.78, 5) is 13.3. The summed E-state index contributed by atoms with van der Waals surface area (Å²) in [7, 11) is 0. The fraction of sp³-hybridized carbons (Fsp3) is 0.375. The minimum Gasteiger partial charge on any atom is -0.387 e. The van der Waals surface area contributed by atoms with Crippen molar-refractivity contribution in [2.45, 2.75) is 12.5 Å². The van der Waals surface area contributed by atoms with Crippen LogP contribution in [0.3, 0.4) is 0 Å². The van der Waals surface area contributed by atoms with Crippen molar-refractivity contribution in [3.05, 3.63) is 46.5 Å². The van der Waals surface area contributed by atoms with E-state index in [0.29, 0.717) is 17.3 Å². The lowest BCUT2D eigenvalue weighted by molar-refractivity contribution is -0.118. The quantitative estimate of drug-likeness (QED) is 0.872. The molecule has 7 heteroatoms. The first-order valence-electron chi connectivity index (χ1n) is 7.46. The van der Waals surface area contributed by atoms with Crippen LogP contribution in [0.5, 0.6) is 0 Å². The van der Waals surface area contributed by atoms with E-state index in [0.717, 1.165) is 30.1 Å². The van der Waals surface area contributed by atoms with E-state index in [4.69, 9.17) is 11.6 Å². The minimum absolute atomic E-state index is 0.0529. The molecule has 1 atom stereocenters. The van der Waals surface area contributed by atoms with Gasteiger partial charge < -0.3 is 5.11 Å². The van der Waals surface area contributed by atoms with Crippen molar-refractivity contribution in [2.24, 2.45) is 5.10 Å². The van der Waals surface area contributed by atoms with Crippen LogP contribution in [0.4, 0.5) is 0 Å². The van der Waals surface area contributed by atoms with E-state index >= 15 is 0 Å². The average molecular weight is 352 g/mol. The zero-order valence-corrected chi connectivity index (χ0v) is 14.1. The number of hydrazone groups is 1. The Kier molecular flexibility index (Phi) is 5.38. The molecule has 23 heavy (non-hydrogen) atoms. The molecular formula is C16H18ClN3O2S. The lowest BCUT2D eigenvalue weighted by Crippen LogP contribution is -2.34. The summed E-state index contributed by atoms with van der Waals surface area (Å²) >= 11 is 7.35. The van der Waals surface area contributed by atoms with Crippen LogP contribution in [0.15, 0.2) is 41.0 Å². The van der Waals surface area contributed by atoms with Gasteiger partial charge in [-0.15, -0.1) is 0 Å². The zero-order valence-electron chi connectivity index (χ0n) is 12.5. The summed E-state index contributed by atoms with van der Waals surface area (Å²) in [5, 5.41) is 16.0. The Balaban J connectivity index is 1.56. The first-order valence-corrected chi connectivity index (χ1v) is 8.83. The summed E-state index contributed by atoms with van der Waals surface area (Å²) in [6.07, 6.45) is 2.47. The number of hydrogen-bond donors (Lipinski definition) is 2. The first-order chi connectivity index (χ1) is 11.1. The van der Waals surface area contributed by atoms with E-state index < -0.39 is 6.10 Å². The van der Waals surface area contributed by atoms with Gasteiger partial charge in [0.05, 0.1) is 11.9 Å². The van der Waals surface area contributed by atoms with Gasteiger partial charge in [-0.2, -0.15) is 5.10 Å². The lowest BCUT2D eigenvalue weighted by Gasteiger charge is -2.29. The minimum atomic E-state index is -0.525. The van der Waals surface area contributed by atoms with Gasteiger partial charge in [0.2, 0.25) is 0 Å². The summed E-state index contributed by atoms with van der Waals surface area (Å²) in [6, 6.07) is 7.30. The molecule has 1 amide bonds. The van der Waals surface area contributed by atoms with Crippen LogP contribution >= 0.6 is 23.4 Å². The van der Waals surface area contributed by atoms with Crippen molar-refractivity contribution in [1.82, 2.24) is 10.3 Å². The molecule has 1 aromatic rings. The molecule has 0 aliphatic carbocycles. The van der Waals surface area contributed by atoms with Crippen LogP contribution < -0.4 is 5.43 Å². The molecule has 0 bridgehead atoms. The number of nitrogens with one attached hydrogen (secondary N) is 1. The molecule has 1 aromatic carbocycles. The van der Waals surface area contributed by atoms with Crippen LogP contribution in [0.2, 0.25) is 5.02 Å². The molecule has 3 rings (SSSR count). The van der Waals surface area contributed by atoms with Gasteiger partial charge in [-0.25, -0.2) is 5.43 Å². The van der Waals surface area contributed by atoms with Crippen molar-refractivity contribution in [3.63, 3.8) is 0 Å². The fourth-order valence-corrected chi connectivity index (χ4v) is 3.52. The molecule has 0 radical (unpaired) electrons. The number of β-amino-alcohol motifs (C(OH)–C–C–N with tert-alkyl or cyclic N) is 1. The molecular weight excluding hydrogens is 334 g/mol. The van der Waals surface area contributed by atoms with Gasteiger partial charge in [-0.05, 0) is 29.7 Å². The standard InChI is InChI=1S/C16H18ClN3O2S/c17-13-3-1-11(2-4-13)14(21)9-20-7-5-12(6-8-20)16-19-18-15(22)10-23-16/h1-5,14,21H,6-10H2,(H,18,22). The smallest absolute Gasteiger partial charge is 0.250 e. The van der Waals surface area contributed by atoms with Crippen LogP contribution in [0.1, 0.15) is 18.1 Å². The molecule has 0 saturated heterocycles. The molecule has 2 N–H and O–H groups in total. The number of carbonyl (C=O) groups excluding carboxylic acids is 1. The van der Waals surface area contributed by atoms with E-state index in [2.05, 4.69) is 21.5 Å². The second-order valence-electron chi connectivity index (χ2n) is 5.55. The second-order valence-corrected chi connectivity index (χ2v) is 6.95. The Morgan fingerprint density at radius 2 is 2.17 bits per heavy atom. The van der Waals surface area contributed by atoms with Gasteiger partial charge in [0.1, 0.15) is 5.04 Å².